The minimum Gasteiger partial charge on any atom is -0.354 e. The highest BCUT2D eigenvalue weighted by Gasteiger charge is 2.17. The van der Waals surface area contributed by atoms with Crippen molar-refractivity contribution in [3.8, 4) is 5.13 Å². The number of amides is 2. The average Bonchev–Trinajstić information content (AvgIpc) is 3.51. The third-order valence-corrected chi connectivity index (χ3v) is 5.69. The van der Waals surface area contributed by atoms with Crippen molar-refractivity contribution in [1.82, 2.24) is 29.7 Å². The predicted octanol–water partition coefficient (Wildman–Crippen LogP) is 2.61. The van der Waals surface area contributed by atoms with Crippen LogP contribution in [0.15, 0.2) is 61.4 Å². The van der Waals surface area contributed by atoms with Crippen LogP contribution in [-0.4, -0.2) is 43.5 Å². The van der Waals surface area contributed by atoms with E-state index in [-0.39, 0.29) is 11.8 Å². The Kier molecular flexibility index (Phi) is 5.89. The molecule has 0 spiro atoms. The third kappa shape index (κ3) is 4.57. The predicted molar refractivity (Wildman–Crippen MR) is 116 cm³/mol. The van der Waals surface area contributed by atoms with Crippen LogP contribution >= 0.6 is 11.3 Å². The summed E-state index contributed by atoms with van der Waals surface area (Å²) in [5, 5.41) is 6.46. The molecule has 0 saturated heterocycles. The number of imidazole rings is 1. The number of fused-ring (bicyclic) bond motifs is 1. The van der Waals surface area contributed by atoms with Crippen LogP contribution in [0.1, 0.15) is 23.7 Å². The number of thiazole rings is 1. The smallest absolute Gasteiger partial charge is 0.251 e. The number of nitrogens with one attached hydrogen (secondary N) is 2. The molecule has 30 heavy (non-hydrogen) atoms. The van der Waals surface area contributed by atoms with Crippen molar-refractivity contribution in [2.24, 2.45) is 0 Å². The fourth-order valence-corrected chi connectivity index (χ4v) is 3.99. The first kappa shape index (κ1) is 19.8. The maximum atomic E-state index is 12.6. The Morgan fingerprint density at radius 1 is 1.20 bits per heavy atom. The van der Waals surface area contributed by atoms with E-state index in [2.05, 4.69) is 20.6 Å². The maximum absolute atomic E-state index is 12.6. The molecule has 4 rings (SSSR count). The molecule has 0 aliphatic heterocycles. The minimum atomic E-state index is -0.627. The van der Waals surface area contributed by atoms with E-state index >= 15 is 0 Å². The molecule has 0 aliphatic rings. The summed E-state index contributed by atoms with van der Waals surface area (Å²) in [4.78, 5) is 33.4. The molecule has 3 heterocycles. The van der Waals surface area contributed by atoms with Gasteiger partial charge in [-0.05, 0) is 43.7 Å². The topological polar surface area (TPSA) is 93.8 Å². The Balaban J connectivity index is 1.32. The van der Waals surface area contributed by atoms with E-state index in [1.807, 2.05) is 52.0 Å². The molecule has 4 aromatic rings. The Hall–Kier alpha value is -3.46. The highest BCUT2D eigenvalue weighted by atomic mass is 32.1. The summed E-state index contributed by atoms with van der Waals surface area (Å²) < 4.78 is 4.81. The van der Waals surface area contributed by atoms with Gasteiger partial charge >= 0.3 is 0 Å². The standard InChI is InChI=1S/C21H22N6O2S/c1-15(19(28)23-7-4-9-26-12-8-22-14-26)24-20(29)16-5-6-17-18(13-16)30-21(25-17)27-10-2-3-11-27/h2-3,5-6,8,10-15H,4,7,9H2,1H3,(H,23,28)(H,24,29). The molecule has 0 aliphatic carbocycles. The lowest BCUT2D eigenvalue weighted by Gasteiger charge is -2.14. The third-order valence-electron chi connectivity index (χ3n) is 4.66. The van der Waals surface area contributed by atoms with Gasteiger partial charge in [-0.1, -0.05) is 11.3 Å². The molecular weight excluding hydrogens is 400 g/mol. The molecule has 8 nitrogen and oxygen atoms in total. The lowest BCUT2D eigenvalue weighted by atomic mass is 10.2. The van der Waals surface area contributed by atoms with Crippen LogP contribution in [0.4, 0.5) is 0 Å². The van der Waals surface area contributed by atoms with E-state index in [4.69, 9.17) is 0 Å². The summed E-state index contributed by atoms with van der Waals surface area (Å²) in [7, 11) is 0. The highest BCUT2D eigenvalue weighted by molar-refractivity contribution is 7.20. The van der Waals surface area contributed by atoms with Crippen molar-refractivity contribution < 1.29 is 9.59 Å². The molecule has 1 aromatic carbocycles. The molecule has 2 N–H and O–H groups in total. The van der Waals surface area contributed by atoms with Gasteiger partial charge in [0.2, 0.25) is 5.91 Å². The zero-order valence-corrected chi connectivity index (χ0v) is 17.3. The van der Waals surface area contributed by atoms with Gasteiger partial charge in [-0.3, -0.25) is 9.59 Å². The number of hydrogen-bond acceptors (Lipinski definition) is 5. The maximum Gasteiger partial charge on any atom is 0.251 e. The van der Waals surface area contributed by atoms with Crippen LogP contribution in [-0.2, 0) is 11.3 Å². The average molecular weight is 423 g/mol. The van der Waals surface area contributed by atoms with Crippen molar-refractivity contribution in [3.63, 3.8) is 0 Å². The van der Waals surface area contributed by atoms with Gasteiger partial charge in [0.15, 0.2) is 5.13 Å². The number of carbonyl (C=O) groups is 2. The van der Waals surface area contributed by atoms with E-state index in [1.165, 1.54) is 11.3 Å². The first-order valence-corrected chi connectivity index (χ1v) is 10.5. The number of nitrogens with zero attached hydrogens (tertiary/aromatic N) is 4. The molecule has 0 bridgehead atoms. The second-order valence-corrected chi connectivity index (χ2v) is 7.92. The van der Waals surface area contributed by atoms with Crippen molar-refractivity contribution >= 4 is 33.4 Å². The molecule has 2 amide bonds. The van der Waals surface area contributed by atoms with Crippen LogP contribution in [0.5, 0.6) is 0 Å². The summed E-state index contributed by atoms with van der Waals surface area (Å²) in [6.45, 7) is 2.99. The van der Waals surface area contributed by atoms with Crippen LogP contribution in [0.25, 0.3) is 15.3 Å². The second kappa shape index (κ2) is 8.91. The van der Waals surface area contributed by atoms with E-state index in [9.17, 15) is 9.59 Å². The molecule has 0 radical (unpaired) electrons. The second-order valence-electron chi connectivity index (χ2n) is 6.91. The zero-order chi connectivity index (χ0) is 20.9. The molecule has 3 aromatic heterocycles. The summed E-state index contributed by atoms with van der Waals surface area (Å²) in [5.74, 6) is -0.489. The molecule has 0 fully saturated rings. The molecule has 1 unspecified atom stereocenters. The molecule has 1 atom stereocenters. The monoisotopic (exact) mass is 422 g/mol. The Morgan fingerprint density at radius 3 is 2.80 bits per heavy atom. The Morgan fingerprint density at radius 2 is 2.03 bits per heavy atom. The summed E-state index contributed by atoms with van der Waals surface area (Å²) in [6, 6.07) is 8.62. The summed E-state index contributed by atoms with van der Waals surface area (Å²) in [6.07, 6.45) is 10.00. The van der Waals surface area contributed by atoms with E-state index in [0.717, 1.165) is 28.3 Å². The van der Waals surface area contributed by atoms with E-state index in [0.29, 0.717) is 12.1 Å². The lowest BCUT2D eigenvalue weighted by molar-refractivity contribution is -0.122. The normalized spacial score (nSPS) is 12.0. The Labute approximate surface area is 177 Å². The lowest BCUT2D eigenvalue weighted by Crippen LogP contribution is -2.45. The van der Waals surface area contributed by atoms with Gasteiger partial charge in [-0.15, -0.1) is 0 Å². The van der Waals surface area contributed by atoms with Crippen molar-refractivity contribution in [2.45, 2.75) is 25.9 Å². The molecule has 154 valence electrons. The van der Waals surface area contributed by atoms with E-state index < -0.39 is 6.04 Å². The van der Waals surface area contributed by atoms with E-state index in [1.54, 1.807) is 25.5 Å². The van der Waals surface area contributed by atoms with Gasteiger partial charge in [0.05, 0.1) is 16.5 Å². The van der Waals surface area contributed by atoms with Gasteiger partial charge in [-0.25, -0.2) is 9.97 Å². The van der Waals surface area contributed by atoms with Crippen molar-refractivity contribution in [1.29, 1.82) is 0 Å². The quantitative estimate of drug-likeness (QED) is 0.427. The fraction of sp³-hybridized carbons (Fsp3) is 0.238. The highest BCUT2D eigenvalue weighted by Crippen LogP contribution is 2.26. The molecular formula is C21H22N6O2S. The van der Waals surface area contributed by atoms with Crippen molar-refractivity contribution in [2.75, 3.05) is 6.54 Å². The first-order valence-electron chi connectivity index (χ1n) is 9.68. The number of rotatable bonds is 8. The van der Waals surface area contributed by atoms with Crippen LogP contribution in [0, 0.1) is 0 Å². The van der Waals surface area contributed by atoms with Gasteiger partial charge < -0.3 is 19.8 Å². The summed E-state index contributed by atoms with van der Waals surface area (Å²) in [5.41, 5.74) is 1.34. The number of benzene rings is 1. The van der Waals surface area contributed by atoms with Gasteiger partial charge in [0, 0.05) is 43.4 Å². The zero-order valence-electron chi connectivity index (χ0n) is 16.5. The minimum absolute atomic E-state index is 0.206. The van der Waals surface area contributed by atoms with Crippen LogP contribution in [0.3, 0.4) is 0 Å². The van der Waals surface area contributed by atoms with Crippen molar-refractivity contribution in [3.05, 3.63) is 67.0 Å². The van der Waals surface area contributed by atoms with Crippen LogP contribution in [0.2, 0.25) is 0 Å². The van der Waals surface area contributed by atoms with Gasteiger partial charge in [-0.2, -0.15) is 0 Å². The number of hydrogen-bond donors (Lipinski definition) is 2. The van der Waals surface area contributed by atoms with Gasteiger partial charge in [0.1, 0.15) is 6.04 Å². The fourth-order valence-electron chi connectivity index (χ4n) is 3.02. The van der Waals surface area contributed by atoms with Gasteiger partial charge in [0.25, 0.3) is 5.91 Å². The first-order chi connectivity index (χ1) is 14.6. The molecule has 0 saturated carbocycles. The Bertz CT molecular complexity index is 1130. The largest absolute Gasteiger partial charge is 0.354 e. The number of aromatic nitrogens is 4. The number of carbonyl (C=O) groups excluding carboxylic acids is 2. The van der Waals surface area contributed by atoms with Crippen LogP contribution < -0.4 is 10.6 Å². The summed E-state index contributed by atoms with van der Waals surface area (Å²) >= 11 is 1.51. The molecule has 9 heteroatoms. The SMILES string of the molecule is CC(NC(=O)c1ccc2nc(-n3cccc3)sc2c1)C(=O)NCCCn1ccnc1. The number of aryl methyl sites for hydroxylation is 1.